The minimum atomic E-state index is -3.90. The van der Waals surface area contributed by atoms with Gasteiger partial charge in [0.05, 0.1) is 22.7 Å². The van der Waals surface area contributed by atoms with E-state index in [-0.39, 0.29) is 41.8 Å². The molecule has 1 heterocycles. The molecule has 0 unspecified atom stereocenters. The van der Waals surface area contributed by atoms with Crippen LogP contribution in [0.4, 0.5) is 5.13 Å². The first kappa shape index (κ1) is 27.0. The summed E-state index contributed by atoms with van der Waals surface area (Å²) in [6.07, 6.45) is 0.0311. The molecule has 0 saturated heterocycles. The summed E-state index contributed by atoms with van der Waals surface area (Å²) >= 11 is 1.31. The van der Waals surface area contributed by atoms with Crippen LogP contribution in [-0.4, -0.2) is 36.7 Å². The fourth-order valence-corrected chi connectivity index (χ4v) is 5.56. The Morgan fingerprint density at radius 2 is 1.58 bits per heavy atom. The predicted molar refractivity (Wildman–Crippen MR) is 140 cm³/mol. The number of hydrogen-bond acceptors (Lipinski definition) is 7. The lowest BCUT2D eigenvalue weighted by Crippen LogP contribution is -2.32. The number of nitrogens with zero attached hydrogens (tertiary/aromatic N) is 4. The van der Waals surface area contributed by atoms with Crippen molar-refractivity contribution in [2.75, 3.05) is 18.4 Å². The number of hydrogen-bond donors (Lipinski definition) is 1. The summed E-state index contributed by atoms with van der Waals surface area (Å²) in [5.41, 5.74) is 3.26. The largest absolute Gasteiger partial charge is 0.298 e. The Bertz CT molecular complexity index is 1370. The molecule has 0 atom stereocenters. The summed E-state index contributed by atoms with van der Waals surface area (Å²) in [6.45, 7) is 6.45. The van der Waals surface area contributed by atoms with Crippen molar-refractivity contribution in [3.8, 4) is 23.4 Å². The Balaban J connectivity index is 1.70. The van der Waals surface area contributed by atoms with Gasteiger partial charge in [-0.2, -0.15) is 14.8 Å². The van der Waals surface area contributed by atoms with Gasteiger partial charge in [0.1, 0.15) is 0 Å². The van der Waals surface area contributed by atoms with Crippen molar-refractivity contribution in [3.63, 3.8) is 0 Å². The van der Waals surface area contributed by atoms with Gasteiger partial charge in [-0.05, 0) is 35.2 Å². The van der Waals surface area contributed by atoms with E-state index in [2.05, 4.69) is 43.2 Å². The van der Waals surface area contributed by atoms with Gasteiger partial charge in [0, 0.05) is 42.4 Å². The number of carbonyl (C=O) groups is 1. The summed E-state index contributed by atoms with van der Waals surface area (Å²) in [4.78, 5) is 17.2. The third-order valence-corrected chi connectivity index (χ3v) is 8.14. The summed E-state index contributed by atoms with van der Waals surface area (Å²) in [6, 6.07) is 17.6. The van der Waals surface area contributed by atoms with Gasteiger partial charge in [0.15, 0.2) is 5.13 Å². The molecule has 0 bridgehead atoms. The van der Waals surface area contributed by atoms with Crippen molar-refractivity contribution >= 4 is 32.4 Å². The molecule has 1 aromatic heterocycles. The zero-order valence-corrected chi connectivity index (χ0v) is 22.0. The normalized spacial score (nSPS) is 11.6. The Morgan fingerprint density at radius 1 is 1.00 bits per heavy atom. The highest BCUT2D eigenvalue weighted by Gasteiger charge is 2.24. The van der Waals surface area contributed by atoms with Gasteiger partial charge in [-0.3, -0.25) is 10.1 Å². The standard InChI is InChI=1S/C26H27N5O3S2/c1-26(2,3)21-10-6-19(7-11-21)23-18-35-25(29-23)30-24(32)20-8-12-22(13-9-20)36(33,34)31(16-4-14-27)17-5-15-28/h6-13,18H,4-5,16-17H2,1-3H3,(H,29,30,32). The zero-order chi connectivity index (χ0) is 26.3. The number of nitriles is 2. The first-order chi connectivity index (χ1) is 17.1. The second-order valence-electron chi connectivity index (χ2n) is 9.06. The summed E-state index contributed by atoms with van der Waals surface area (Å²) in [5, 5.41) is 22.7. The number of anilines is 1. The minimum Gasteiger partial charge on any atom is -0.298 e. The first-order valence-corrected chi connectivity index (χ1v) is 13.6. The van der Waals surface area contributed by atoms with Crippen LogP contribution in [0, 0.1) is 22.7 Å². The van der Waals surface area contributed by atoms with Crippen LogP contribution in [0.5, 0.6) is 0 Å². The van der Waals surface area contributed by atoms with Crippen molar-refractivity contribution < 1.29 is 13.2 Å². The van der Waals surface area contributed by atoms with Crippen molar-refractivity contribution in [2.24, 2.45) is 0 Å². The third kappa shape index (κ3) is 6.55. The molecule has 186 valence electrons. The van der Waals surface area contributed by atoms with Gasteiger partial charge in [0.2, 0.25) is 10.0 Å². The van der Waals surface area contributed by atoms with E-state index in [0.717, 1.165) is 15.6 Å². The Hall–Kier alpha value is -3.57. The highest BCUT2D eigenvalue weighted by atomic mass is 32.2. The highest BCUT2D eigenvalue weighted by Crippen LogP contribution is 2.28. The van der Waals surface area contributed by atoms with Gasteiger partial charge >= 0.3 is 0 Å². The van der Waals surface area contributed by atoms with Crippen LogP contribution in [0.25, 0.3) is 11.3 Å². The quantitative estimate of drug-likeness (QED) is 0.413. The molecular formula is C26H27N5O3S2. The van der Waals surface area contributed by atoms with Gasteiger partial charge in [-0.25, -0.2) is 13.4 Å². The van der Waals surface area contributed by atoms with E-state index < -0.39 is 15.9 Å². The van der Waals surface area contributed by atoms with Gasteiger partial charge in [-0.15, -0.1) is 11.3 Å². The number of nitrogens with one attached hydrogen (secondary N) is 1. The number of aromatic nitrogens is 1. The molecule has 3 aromatic rings. The Morgan fingerprint density at radius 3 is 2.11 bits per heavy atom. The number of thiazole rings is 1. The lowest BCUT2D eigenvalue weighted by molar-refractivity contribution is 0.102. The summed E-state index contributed by atoms with van der Waals surface area (Å²) < 4.78 is 27.0. The zero-order valence-electron chi connectivity index (χ0n) is 20.4. The summed E-state index contributed by atoms with van der Waals surface area (Å²) in [5.74, 6) is -0.409. The SMILES string of the molecule is CC(C)(C)c1ccc(-c2csc(NC(=O)c3ccc(S(=O)(=O)N(CCC#N)CCC#N)cc3)n2)cc1. The maximum absolute atomic E-state index is 12.9. The molecule has 0 aliphatic heterocycles. The predicted octanol–water partition coefficient (Wildman–Crippen LogP) is 5.18. The Kier molecular flexibility index (Phi) is 8.59. The van der Waals surface area contributed by atoms with E-state index in [1.165, 1.54) is 41.2 Å². The molecule has 0 aliphatic carbocycles. The smallest absolute Gasteiger partial charge is 0.257 e. The lowest BCUT2D eigenvalue weighted by atomic mass is 9.86. The second-order valence-corrected chi connectivity index (χ2v) is 11.9. The third-order valence-electron chi connectivity index (χ3n) is 5.47. The molecule has 1 N–H and O–H groups in total. The van der Waals surface area contributed by atoms with Gasteiger partial charge in [0.25, 0.3) is 5.91 Å². The lowest BCUT2D eigenvalue weighted by Gasteiger charge is -2.20. The van der Waals surface area contributed by atoms with E-state index in [0.29, 0.717) is 5.13 Å². The molecule has 0 saturated carbocycles. The number of sulfonamides is 1. The second kappa shape index (κ2) is 11.4. The van der Waals surface area contributed by atoms with Gasteiger partial charge < -0.3 is 0 Å². The average Bonchev–Trinajstić information content (AvgIpc) is 3.32. The van der Waals surface area contributed by atoms with Crippen LogP contribution in [0.2, 0.25) is 0 Å². The number of benzene rings is 2. The average molecular weight is 522 g/mol. The van der Waals surface area contributed by atoms with Crippen LogP contribution < -0.4 is 5.32 Å². The molecule has 36 heavy (non-hydrogen) atoms. The molecule has 3 rings (SSSR count). The molecular weight excluding hydrogens is 494 g/mol. The molecule has 0 radical (unpaired) electrons. The first-order valence-electron chi connectivity index (χ1n) is 11.3. The van der Waals surface area contributed by atoms with E-state index in [1.54, 1.807) is 0 Å². The molecule has 0 aliphatic rings. The maximum atomic E-state index is 12.9. The van der Waals surface area contributed by atoms with Crippen LogP contribution in [0.1, 0.15) is 49.5 Å². The van der Waals surface area contributed by atoms with Crippen molar-refractivity contribution in [3.05, 3.63) is 65.0 Å². The molecule has 0 spiro atoms. The number of rotatable bonds is 9. The van der Waals surface area contributed by atoms with Gasteiger partial charge in [-0.1, -0.05) is 45.0 Å². The fraction of sp³-hybridized carbons (Fsp3) is 0.308. The molecule has 0 fully saturated rings. The molecule has 1 amide bonds. The minimum absolute atomic E-state index is 0.00589. The Labute approximate surface area is 215 Å². The molecule has 10 heteroatoms. The van der Waals surface area contributed by atoms with Crippen LogP contribution in [-0.2, 0) is 15.4 Å². The van der Waals surface area contributed by atoms with Crippen LogP contribution in [0.15, 0.2) is 58.8 Å². The van der Waals surface area contributed by atoms with E-state index in [1.807, 2.05) is 29.7 Å². The van der Waals surface area contributed by atoms with Crippen molar-refractivity contribution in [1.82, 2.24) is 9.29 Å². The van der Waals surface area contributed by atoms with Crippen LogP contribution in [0.3, 0.4) is 0 Å². The van der Waals surface area contributed by atoms with Crippen molar-refractivity contribution in [2.45, 2.75) is 43.9 Å². The number of carbonyl (C=O) groups excluding carboxylic acids is 1. The molecule has 8 nitrogen and oxygen atoms in total. The maximum Gasteiger partial charge on any atom is 0.257 e. The van der Waals surface area contributed by atoms with E-state index in [9.17, 15) is 13.2 Å². The fourth-order valence-electron chi connectivity index (χ4n) is 3.40. The van der Waals surface area contributed by atoms with Crippen molar-refractivity contribution in [1.29, 1.82) is 10.5 Å². The topological polar surface area (TPSA) is 127 Å². The van der Waals surface area contributed by atoms with Crippen LogP contribution >= 0.6 is 11.3 Å². The van der Waals surface area contributed by atoms with E-state index >= 15 is 0 Å². The molecule has 2 aromatic carbocycles. The van der Waals surface area contributed by atoms with E-state index in [4.69, 9.17) is 10.5 Å². The highest BCUT2D eigenvalue weighted by molar-refractivity contribution is 7.89. The monoisotopic (exact) mass is 521 g/mol. The summed E-state index contributed by atoms with van der Waals surface area (Å²) in [7, 11) is -3.90. The number of amides is 1.